The number of ether oxygens (including phenoxy) is 1. The van der Waals surface area contributed by atoms with Crippen molar-refractivity contribution >= 4 is 0 Å². The van der Waals surface area contributed by atoms with E-state index in [1.807, 2.05) is 13.2 Å². The molecule has 2 heteroatoms. The van der Waals surface area contributed by atoms with Crippen LogP contribution in [0.15, 0.2) is 12.7 Å². The van der Waals surface area contributed by atoms with Gasteiger partial charge in [-0.25, -0.2) is 0 Å². The van der Waals surface area contributed by atoms with Crippen LogP contribution in [0.4, 0.5) is 0 Å². The Morgan fingerprint density at radius 2 is 2.27 bits per heavy atom. The quantitative estimate of drug-likeness (QED) is 0.623. The van der Waals surface area contributed by atoms with Gasteiger partial charge in [0, 0.05) is 13.2 Å². The van der Waals surface area contributed by atoms with Gasteiger partial charge in [-0.15, -0.1) is 6.58 Å². The van der Waals surface area contributed by atoms with Gasteiger partial charge in [-0.2, -0.15) is 0 Å². The molecule has 1 atom stereocenters. The van der Waals surface area contributed by atoms with E-state index in [4.69, 9.17) is 4.74 Å². The summed E-state index contributed by atoms with van der Waals surface area (Å²) in [5, 5.41) is 3.63. The van der Waals surface area contributed by atoms with Crippen LogP contribution in [-0.2, 0) is 4.74 Å². The molecule has 0 radical (unpaired) electrons. The Morgan fingerprint density at radius 1 is 1.53 bits per heavy atom. The zero-order valence-electron chi connectivity index (χ0n) is 10.2. The zero-order chi connectivity index (χ0) is 11.1. The number of allylic oxidation sites excluding steroid dienone is 1. The molecule has 88 valence electrons. The van der Waals surface area contributed by atoms with Crippen molar-refractivity contribution in [3.63, 3.8) is 0 Å². The van der Waals surface area contributed by atoms with Gasteiger partial charge in [0.15, 0.2) is 0 Å². The summed E-state index contributed by atoms with van der Waals surface area (Å²) in [6, 6.07) is 0.509. The highest BCUT2D eigenvalue weighted by atomic mass is 16.5. The molecule has 0 aliphatic heterocycles. The van der Waals surface area contributed by atoms with Crippen molar-refractivity contribution in [1.82, 2.24) is 5.32 Å². The number of hydrogen-bond acceptors (Lipinski definition) is 2. The van der Waals surface area contributed by atoms with Crippen LogP contribution in [0.25, 0.3) is 0 Å². The van der Waals surface area contributed by atoms with Gasteiger partial charge in [0.05, 0.1) is 5.60 Å². The number of rotatable bonds is 8. The molecule has 1 aliphatic carbocycles. The molecule has 0 bridgehead atoms. The lowest BCUT2D eigenvalue weighted by Crippen LogP contribution is -2.56. The highest BCUT2D eigenvalue weighted by Crippen LogP contribution is 2.39. The van der Waals surface area contributed by atoms with Gasteiger partial charge >= 0.3 is 0 Å². The maximum atomic E-state index is 5.73. The first kappa shape index (κ1) is 12.7. The van der Waals surface area contributed by atoms with Crippen molar-refractivity contribution in [2.45, 2.75) is 57.1 Å². The summed E-state index contributed by atoms with van der Waals surface area (Å²) in [4.78, 5) is 0. The van der Waals surface area contributed by atoms with Crippen molar-refractivity contribution in [3.05, 3.63) is 12.7 Å². The monoisotopic (exact) mass is 211 g/mol. The Bertz CT molecular complexity index is 181. The Balaban J connectivity index is 2.48. The molecule has 1 saturated carbocycles. The van der Waals surface area contributed by atoms with Crippen LogP contribution in [0.5, 0.6) is 0 Å². The fourth-order valence-electron chi connectivity index (χ4n) is 2.37. The maximum Gasteiger partial charge on any atom is 0.0831 e. The first-order valence-corrected chi connectivity index (χ1v) is 6.18. The van der Waals surface area contributed by atoms with Gasteiger partial charge < -0.3 is 10.1 Å². The molecule has 1 unspecified atom stereocenters. The summed E-state index contributed by atoms with van der Waals surface area (Å²) < 4.78 is 5.73. The standard InChI is InChI=1S/C13H25NO/c1-4-6-8-12(14-11-5-2)13(15-3)9-7-10-13/h4,12,14H,1,5-11H2,2-3H3. The molecule has 1 fully saturated rings. The van der Waals surface area contributed by atoms with Crippen molar-refractivity contribution < 1.29 is 4.74 Å². The molecule has 0 aromatic rings. The van der Waals surface area contributed by atoms with Crippen LogP contribution >= 0.6 is 0 Å². The number of methoxy groups -OCH3 is 1. The van der Waals surface area contributed by atoms with E-state index in [-0.39, 0.29) is 5.60 Å². The Morgan fingerprint density at radius 3 is 2.67 bits per heavy atom. The molecular weight excluding hydrogens is 186 g/mol. The van der Waals surface area contributed by atoms with Gasteiger partial charge in [0.1, 0.15) is 0 Å². The van der Waals surface area contributed by atoms with E-state index in [0.29, 0.717) is 6.04 Å². The van der Waals surface area contributed by atoms with Crippen molar-refractivity contribution in [2.75, 3.05) is 13.7 Å². The molecule has 0 amide bonds. The van der Waals surface area contributed by atoms with Crippen molar-refractivity contribution in [3.8, 4) is 0 Å². The molecule has 0 aromatic carbocycles. The molecule has 1 aliphatic rings. The Labute approximate surface area is 94.1 Å². The number of hydrogen-bond donors (Lipinski definition) is 1. The third kappa shape index (κ3) is 3.05. The third-order valence-corrected chi connectivity index (χ3v) is 3.54. The topological polar surface area (TPSA) is 21.3 Å². The minimum Gasteiger partial charge on any atom is -0.377 e. The van der Waals surface area contributed by atoms with Crippen molar-refractivity contribution in [1.29, 1.82) is 0 Å². The Hall–Kier alpha value is -0.340. The van der Waals surface area contributed by atoms with Crippen LogP contribution < -0.4 is 5.32 Å². The average molecular weight is 211 g/mol. The van der Waals surface area contributed by atoms with Crippen molar-refractivity contribution in [2.24, 2.45) is 0 Å². The van der Waals surface area contributed by atoms with Crippen LogP contribution in [0, 0.1) is 0 Å². The summed E-state index contributed by atoms with van der Waals surface area (Å²) >= 11 is 0. The molecule has 0 heterocycles. The van der Waals surface area contributed by atoms with E-state index in [1.165, 1.54) is 25.7 Å². The number of nitrogens with one attached hydrogen (secondary N) is 1. The largest absolute Gasteiger partial charge is 0.377 e. The lowest BCUT2D eigenvalue weighted by molar-refractivity contribution is -0.0996. The lowest BCUT2D eigenvalue weighted by Gasteiger charge is -2.47. The van der Waals surface area contributed by atoms with E-state index in [1.54, 1.807) is 0 Å². The summed E-state index contributed by atoms with van der Waals surface area (Å²) in [5.74, 6) is 0. The second kappa shape index (κ2) is 6.29. The predicted octanol–water partition coefficient (Wildman–Crippen LogP) is 2.89. The SMILES string of the molecule is C=CCCC(NCCC)C1(OC)CCC1. The molecule has 0 spiro atoms. The first-order chi connectivity index (χ1) is 7.29. The van der Waals surface area contributed by atoms with Gasteiger partial charge in [0.2, 0.25) is 0 Å². The summed E-state index contributed by atoms with van der Waals surface area (Å²) in [5.41, 5.74) is 0.123. The predicted molar refractivity (Wildman–Crippen MR) is 65.1 cm³/mol. The van der Waals surface area contributed by atoms with Crippen LogP contribution in [0.1, 0.15) is 45.4 Å². The van der Waals surface area contributed by atoms with E-state index in [9.17, 15) is 0 Å². The molecular formula is C13H25NO. The fraction of sp³-hybridized carbons (Fsp3) is 0.846. The summed E-state index contributed by atoms with van der Waals surface area (Å²) in [7, 11) is 1.85. The van der Waals surface area contributed by atoms with E-state index in [0.717, 1.165) is 19.4 Å². The van der Waals surface area contributed by atoms with Gasteiger partial charge in [0.25, 0.3) is 0 Å². The van der Waals surface area contributed by atoms with E-state index < -0.39 is 0 Å². The normalized spacial score (nSPS) is 20.7. The molecule has 1 rings (SSSR count). The molecule has 15 heavy (non-hydrogen) atoms. The van der Waals surface area contributed by atoms with E-state index in [2.05, 4.69) is 18.8 Å². The summed E-state index contributed by atoms with van der Waals surface area (Å²) in [6.07, 6.45) is 9.15. The second-order valence-corrected chi connectivity index (χ2v) is 4.50. The second-order valence-electron chi connectivity index (χ2n) is 4.50. The maximum absolute atomic E-state index is 5.73. The average Bonchev–Trinajstić information content (AvgIpc) is 2.20. The van der Waals surface area contributed by atoms with E-state index >= 15 is 0 Å². The summed E-state index contributed by atoms with van der Waals surface area (Å²) in [6.45, 7) is 7.09. The Kier molecular flexibility index (Phi) is 5.34. The minimum absolute atomic E-state index is 0.123. The minimum atomic E-state index is 0.123. The van der Waals surface area contributed by atoms with Gasteiger partial charge in [-0.3, -0.25) is 0 Å². The fourth-order valence-corrected chi connectivity index (χ4v) is 2.37. The van der Waals surface area contributed by atoms with Gasteiger partial charge in [-0.1, -0.05) is 13.0 Å². The molecule has 1 N–H and O–H groups in total. The highest BCUT2D eigenvalue weighted by Gasteiger charge is 2.43. The van der Waals surface area contributed by atoms with Gasteiger partial charge in [-0.05, 0) is 45.1 Å². The highest BCUT2D eigenvalue weighted by molar-refractivity contribution is 5.00. The zero-order valence-corrected chi connectivity index (χ0v) is 10.2. The molecule has 0 aromatic heterocycles. The lowest BCUT2D eigenvalue weighted by atomic mass is 9.73. The molecule has 0 saturated heterocycles. The first-order valence-electron chi connectivity index (χ1n) is 6.18. The molecule has 2 nitrogen and oxygen atoms in total. The van der Waals surface area contributed by atoms with Crippen LogP contribution in [-0.4, -0.2) is 25.3 Å². The van der Waals surface area contributed by atoms with Crippen LogP contribution in [0.3, 0.4) is 0 Å². The third-order valence-electron chi connectivity index (χ3n) is 3.54. The van der Waals surface area contributed by atoms with Crippen LogP contribution in [0.2, 0.25) is 0 Å². The smallest absolute Gasteiger partial charge is 0.0831 e.